The Morgan fingerprint density at radius 1 is 1.44 bits per heavy atom. The molecule has 0 aliphatic carbocycles. The summed E-state index contributed by atoms with van der Waals surface area (Å²) in [5.74, 6) is 0.0835. The maximum atomic E-state index is 13.2. The molecule has 4 nitrogen and oxygen atoms in total. The number of oxime groups is 1. The summed E-state index contributed by atoms with van der Waals surface area (Å²) >= 11 is 0. The molecule has 1 heterocycles. The first-order chi connectivity index (χ1) is 8.70. The van der Waals surface area contributed by atoms with Crippen molar-refractivity contribution in [1.82, 2.24) is 0 Å². The number of halogens is 1. The van der Waals surface area contributed by atoms with Crippen molar-refractivity contribution in [3.63, 3.8) is 0 Å². The zero-order chi connectivity index (χ0) is 13.0. The third kappa shape index (κ3) is 2.91. The number of anilines is 1. The molecule has 0 saturated heterocycles. The van der Waals surface area contributed by atoms with Crippen LogP contribution in [0.25, 0.3) is 0 Å². The Balaban J connectivity index is 1.84. The molecule has 1 aromatic rings. The third-order valence-electron chi connectivity index (χ3n) is 3.28. The summed E-state index contributed by atoms with van der Waals surface area (Å²) in [5, 5.41) is 11.4. The number of nitrogens with two attached hydrogens (primary N) is 1. The third-order valence-corrected chi connectivity index (χ3v) is 3.28. The normalized spacial score (nSPS) is 14.9. The monoisotopic (exact) mass is 251 g/mol. The molecule has 0 fully saturated rings. The van der Waals surface area contributed by atoms with E-state index in [1.54, 1.807) is 6.07 Å². The minimum atomic E-state index is -0.183. The largest absolute Gasteiger partial charge is 0.409 e. The fourth-order valence-electron chi connectivity index (χ4n) is 2.31. The van der Waals surface area contributed by atoms with E-state index in [1.165, 1.54) is 11.6 Å². The highest BCUT2D eigenvalue weighted by atomic mass is 19.1. The predicted octanol–water partition coefficient (Wildman–Crippen LogP) is 2.10. The van der Waals surface area contributed by atoms with Crippen LogP contribution in [-0.2, 0) is 6.42 Å². The van der Waals surface area contributed by atoms with E-state index in [1.807, 2.05) is 6.07 Å². The molecule has 0 aromatic heterocycles. The highest BCUT2D eigenvalue weighted by molar-refractivity contribution is 5.79. The van der Waals surface area contributed by atoms with E-state index in [4.69, 9.17) is 10.9 Å². The molecule has 0 saturated carbocycles. The van der Waals surface area contributed by atoms with Gasteiger partial charge in [0.05, 0.1) is 0 Å². The maximum absolute atomic E-state index is 13.2. The van der Waals surface area contributed by atoms with Crippen LogP contribution in [0.1, 0.15) is 24.8 Å². The van der Waals surface area contributed by atoms with Crippen molar-refractivity contribution in [3.8, 4) is 0 Å². The molecule has 0 bridgehead atoms. The molecule has 0 spiro atoms. The molecule has 5 heteroatoms. The molecule has 0 amide bonds. The minimum Gasteiger partial charge on any atom is -0.409 e. The molecule has 0 atom stereocenters. The quantitative estimate of drug-likeness (QED) is 0.277. The molecule has 3 N–H and O–H groups in total. The zero-order valence-corrected chi connectivity index (χ0v) is 10.3. The van der Waals surface area contributed by atoms with Gasteiger partial charge in [-0.1, -0.05) is 11.2 Å². The van der Waals surface area contributed by atoms with Crippen LogP contribution >= 0.6 is 0 Å². The molecular formula is C13H18FN3O. The van der Waals surface area contributed by atoms with E-state index in [2.05, 4.69) is 10.1 Å². The van der Waals surface area contributed by atoms with Crippen molar-refractivity contribution >= 4 is 11.5 Å². The smallest absolute Gasteiger partial charge is 0.139 e. The number of hydrogen-bond donors (Lipinski definition) is 2. The molecule has 2 rings (SSSR count). The van der Waals surface area contributed by atoms with E-state index in [9.17, 15) is 4.39 Å². The summed E-state index contributed by atoms with van der Waals surface area (Å²) in [7, 11) is 0. The lowest BCUT2D eigenvalue weighted by atomic mass is 10.1. The van der Waals surface area contributed by atoms with Crippen molar-refractivity contribution in [2.24, 2.45) is 10.9 Å². The minimum absolute atomic E-state index is 0.183. The second-order valence-corrected chi connectivity index (χ2v) is 4.56. The van der Waals surface area contributed by atoms with Gasteiger partial charge < -0.3 is 15.8 Å². The Labute approximate surface area is 106 Å². The Bertz CT molecular complexity index is 448. The summed E-state index contributed by atoms with van der Waals surface area (Å²) in [6.45, 7) is 1.83. The Kier molecular flexibility index (Phi) is 4.02. The van der Waals surface area contributed by atoms with E-state index >= 15 is 0 Å². The van der Waals surface area contributed by atoms with Crippen LogP contribution < -0.4 is 10.6 Å². The number of hydrogen-bond acceptors (Lipinski definition) is 3. The highest BCUT2D eigenvalue weighted by Crippen LogP contribution is 2.28. The summed E-state index contributed by atoms with van der Waals surface area (Å²) in [6.07, 6.45) is 3.40. The molecule has 1 aromatic carbocycles. The lowest BCUT2D eigenvalue weighted by Gasteiger charge is -2.19. The SMILES string of the molecule is N/C(CCCCN1CCc2ccc(F)cc21)=N/O. The first kappa shape index (κ1) is 12.7. The summed E-state index contributed by atoms with van der Waals surface area (Å²) in [6, 6.07) is 4.98. The van der Waals surface area contributed by atoms with E-state index in [-0.39, 0.29) is 11.7 Å². The van der Waals surface area contributed by atoms with Crippen molar-refractivity contribution in [1.29, 1.82) is 0 Å². The van der Waals surface area contributed by atoms with Gasteiger partial charge in [0.25, 0.3) is 0 Å². The number of nitrogens with zero attached hydrogens (tertiary/aromatic N) is 2. The van der Waals surface area contributed by atoms with Gasteiger partial charge in [0.15, 0.2) is 0 Å². The fourth-order valence-corrected chi connectivity index (χ4v) is 2.31. The molecule has 0 unspecified atom stereocenters. The zero-order valence-electron chi connectivity index (χ0n) is 10.3. The van der Waals surface area contributed by atoms with Crippen LogP contribution in [0.3, 0.4) is 0 Å². The van der Waals surface area contributed by atoms with E-state index in [0.717, 1.165) is 38.0 Å². The van der Waals surface area contributed by atoms with E-state index in [0.29, 0.717) is 6.42 Å². The number of fused-ring (bicyclic) bond motifs is 1. The molecule has 18 heavy (non-hydrogen) atoms. The second kappa shape index (κ2) is 5.71. The number of benzene rings is 1. The van der Waals surface area contributed by atoms with Crippen molar-refractivity contribution in [2.75, 3.05) is 18.0 Å². The number of unbranched alkanes of at least 4 members (excludes halogenated alkanes) is 1. The van der Waals surface area contributed by atoms with Crippen LogP contribution in [0.5, 0.6) is 0 Å². The van der Waals surface area contributed by atoms with Crippen LogP contribution in [-0.4, -0.2) is 24.1 Å². The molecule has 1 aliphatic heterocycles. The Hall–Kier alpha value is -1.78. The lowest BCUT2D eigenvalue weighted by Crippen LogP contribution is -2.22. The molecule has 0 radical (unpaired) electrons. The van der Waals surface area contributed by atoms with Gasteiger partial charge >= 0.3 is 0 Å². The van der Waals surface area contributed by atoms with Crippen molar-refractivity contribution in [2.45, 2.75) is 25.7 Å². The van der Waals surface area contributed by atoms with Crippen LogP contribution in [0.4, 0.5) is 10.1 Å². The van der Waals surface area contributed by atoms with Crippen LogP contribution in [0.15, 0.2) is 23.4 Å². The average Bonchev–Trinajstić information content (AvgIpc) is 2.77. The molecule has 1 aliphatic rings. The first-order valence-electron chi connectivity index (χ1n) is 6.20. The van der Waals surface area contributed by atoms with Gasteiger partial charge in [-0.15, -0.1) is 0 Å². The van der Waals surface area contributed by atoms with Gasteiger partial charge in [-0.25, -0.2) is 4.39 Å². The lowest BCUT2D eigenvalue weighted by molar-refractivity contribution is 0.316. The maximum Gasteiger partial charge on any atom is 0.139 e. The number of rotatable bonds is 5. The fraction of sp³-hybridized carbons (Fsp3) is 0.462. The van der Waals surface area contributed by atoms with Crippen LogP contribution in [0.2, 0.25) is 0 Å². The van der Waals surface area contributed by atoms with Gasteiger partial charge in [0.1, 0.15) is 11.7 Å². The summed E-state index contributed by atoms with van der Waals surface area (Å²) < 4.78 is 13.2. The van der Waals surface area contributed by atoms with Crippen molar-refractivity contribution < 1.29 is 9.60 Å². The number of amidine groups is 1. The average molecular weight is 251 g/mol. The predicted molar refractivity (Wildman–Crippen MR) is 69.6 cm³/mol. The standard InChI is InChI=1S/C13H18FN3O/c14-11-5-4-10-6-8-17(12(10)9-11)7-2-1-3-13(15)16-18/h4-5,9,18H,1-3,6-8H2,(H2,15,16). The molecular weight excluding hydrogens is 233 g/mol. The van der Waals surface area contributed by atoms with Crippen LogP contribution in [0, 0.1) is 5.82 Å². The first-order valence-corrected chi connectivity index (χ1v) is 6.20. The Morgan fingerprint density at radius 2 is 2.28 bits per heavy atom. The van der Waals surface area contributed by atoms with Crippen molar-refractivity contribution in [3.05, 3.63) is 29.6 Å². The molecule has 98 valence electrons. The van der Waals surface area contributed by atoms with Gasteiger partial charge in [0, 0.05) is 25.2 Å². The van der Waals surface area contributed by atoms with Gasteiger partial charge in [-0.2, -0.15) is 0 Å². The van der Waals surface area contributed by atoms with Gasteiger partial charge in [0.2, 0.25) is 0 Å². The highest BCUT2D eigenvalue weighted by Gasteiger charge is 2.18. The topological polar surface area (TPSA) is 61.8 Å². The van der Waals surface area contributed by atoms with E-state index < -0.39 is 0 Å². The second-order valence-electron chi connectivity index (χ2n) is 4.56. The van der Waals surface area contributed by atoms with Gasteiger partial charge in [-0.05, 0) is 37.0 Å². The Morgan fingerprint density at radius 3 is 3.06 bits per heavy atom. The summed E-state index contributed by atoms with van der Waals surface area (Å²) in [4.78, 5) is 2.20. The van der Waals surface area contributed by atoms with Gasteiger partial charge in [-0.3, -0.25) is 0 Å². The summed E-state index contributed by atoms with van der Waals surface area (Å²) in [5.41, 5.74) is 7.63.